The molecule has 1 saturated heterocycles. The van der Waals surface area contributed by atoms with Gasteiger partial charge in [-0.05, 0) is 63.4 Å². The molecule has 4 rings (SSSR count). The number of carbonyl (C=O) groups is 1. The van der Waals surface area contributed by atoms with E-state index < -0.39 is 6.10 Å². The van der Waals surface area contributed by atoms with Crippen molar-refractivity contribution < 1.29 is 9.63 Å². The van der Waals surface area contributed by atoms with Crippen LogP contribution in [0.2, 0.25) is 0 Å². The number of rotatable bonds is 6. The van der Waals surface area contributed by atoms with Crippen LogP contribution >= 0.6 is 0 Å². The van der Waals surface area contributed by atoms with E-state index in [4.69, 9.17) is 10.6 Å². The summed E-state index contributed by atoms with van der Waals surface area (Å²) in [6.45, 7) is 6.86. The molecule has 31 heavy (non-hydrogen) atoms. The number of nitrogens with zero attached hydrogens (tertiary/aromatic N) is 3. The SMILES string of the molecule is CC(ON=C(N)c1ccccc1CN1CCCCC1)C(=O)N1c2ccccc2CC1C. The highest BCUT2D eigenvalue weighted by molar-refractivity contribution is 6.00. The first-order valence-electron chi connectivity index (χ1n) is 11.3. The van der Waals surface area contributed by atoms with E-state index in [1.807, 2.05) is 41.3 Å². The molecule has 164 valence electrons. The second-order valence-corrected chi connectivity index (χ2v) is 8.61. The van der Waals surface area contributed by atoms with E-state index in [0.717, 1.165) is 42.9 Å². The standard InChI is InChI=1S/C25H32N4O2/c1-18-16-20-10-5-7-13-23(20)29(18)25(30)19(2)31-27-24(26)22-12-6-4-11-21(22)17-28-14-8-3-9-15-28/h4-7,10-13,18-19H,3,8-9,14-17H2,1-2H3,(H2,26,27). The molecular formula is C25H32N4O2. The molecule has 2 aliphatic rings. The van der Waals surface area contributed by atoms with Crippen LogP contribution in [0, 0.1) is 0 Å². The minimum Gasteiger partial charge on any atom is -0.381 e. The number of para-hydroxylation sites is 1. The van der Waals surface area contributed by atoms with Gasteiger partial charge >= 0.3 is 0 Å². The lowest BCUT2D eigenvalue weighted by molar-refractivity contribution is -0.129. The quantitative estimate of drug-likeness (QED) is 0.440. The Morgan fingerprint density at radius 3 is 2.65 bits per heavy atom. The Balaban J connectivity index is 1.44. The highest BCUT2D eigenvalue weighted by Crippen LogP contribution is 2.32. The fourth-order valence-corrected chi connectivity index (χ4v) is 4.59. The van der Waals surface area contributed by atoms with Gasteiger partial charge in [-0.1, -0.05) is 54.0 Å². The van der Waals surface area contributed by atoms with Crippen LogP contribution in [0.3, 0.4) is 0 Å². The molecule has 2 heterocycles. The normalized spacial score (nSPS) is 20.4. The Labute approximate surface area is 184 Å². The third-order valence-electron chi connectivity index (χ3n) is 6.24. The highest BCUT2D eigenvalue weighted by atomic mass is 16.6. The zero-order valence-electron chi connectivity index (χ0n) is 18.5. The van der Waals surface area contributed by atoms with Crippen LogP contribution in [0.25, 0.3) is 0 Å². The van der Waals surface area contributed by atoms with Crippen molar-refractivity contribution in [3.63, 3.8) is 0 Å². The first-order valence-corrected chi connectivity index (χ1v) is 11.3. The van der Waals surface area contributed by atoms with Crippen LogP contribution < -0.4 is 10.6 Å². The third kappa shape index (κ3) is 4.74. The van der Waals surface area contributed by atoms with Crippen LogP contribution in [0.1, 0.15) is 49.8 Å². The summed E-state index contributed by atoms with van der Waals surface area (Å²) in [4.78, 5) is 22.9. The average Bonchev–Trinajstić information content (AvgIpc) is 3.13. The molecular weight excluding hydrogens is 388 g/mol. The van der Waals surface area contributed by atoms with Gasteiger partial charge < -0.3 is 15.5 Å². The van der Waals surface area contributed by atoms with Crippen molar-refractivity contribution in [1.29, 1.82) is 0 Å². The van der Waals surface area contributed by atoms with Crippen molar-refractivity contribution in [2.75, 3.05) is 18.0 Å². The topological polar surface area (TPSA) is 71.2 Å². The summed E-state index contributed by atoms with van der Waals surface area (Å²) in [5, 5.41) is 4.15. The van der Waals surface area contributed by atoms with Crippen LogP contribution in [-0.2, 0) is 22.6 Å². The van der Waals surface area contributed by atoms with Crippen molar-refractivity contribution >= 4 is 17.4 Å². The Hall–Kier alpha value is -2.86. The number of amides is 1. The minimum absolute atomic E-state index is 0.0996. The lowest BCUT2D eigenvalue weighted by Crippen LogP contribution is -2.42. The van der Waals surface area contributed by atoms with Crippen LogP contribution in [0.4, 0.5) is 5.69 Å². The molecule has 0 spiro atoms. The summed E-state index contributed by atoms with van der Waals surface area (Å²) >= 11 is 0. The maximum absolute atomic E-state index is 13.1. The van der Waals surface area contributed by atoms with Gasteiger partial charge in [0.25, 0.3) is 5.91 Å². The van der Waals surface area contributed by atoms with Crippen LogP contribution in [0.15, 0.2) is 53.7 Å². The number of oxime groups is 1. The number of hydrogen-bond acceptors (Lipinski definition) is 4. The van der Waals surface area contributed by atoms with Gasteiger partial charge in [-0.15, -0.1) is 0 Å². The third-order valence-corrected chi connectivity index (χ3v) is 6.24. The number of anilines is 1. The van der Waals surface area contributed by atoms with Crippen molar-refractivity contribution in [2.24, 2.45) is 10.9 Å². The number of benzene rings is 2. The number of piperidine rings is 1. The smallest absolute Gasteiger partial charge is 0.270 e. The lowest BCUT2D eigenvalue weighted by atomic mass is 10.0. The van der Waals surface area contributed by atoms with Gasteiger partial charge in [0.15, 0.2) is 5.84 Å². The van der Waals surface area contributed by atoms with E-state index in [9.17, 15) is 4.79 Å². The second kappa shape index (κ2) is 9.52. The summed E-state index contributed by atoms with van der Waals surface area (Å²) in [5.74, 6) is 0.206. The number of nitrogens with two attached hydrogens (primary N) is 1. The van der Waals surface area contributed by atoms with Gasteiger partial charge in [0.1, 0.15) is 0 Å². The molecule has 0 aromatic heterocycles. The Kier molecular flexibility index (Phi) is 6.56. The van der Waals surface area contributed by atoms with Gasteiger partial charge in [0, 0.05) is 23.8 Å². The molecule has 2 N–H and O–H groups in total. The summed E-state index contributed by atoms with van der Waals surface area (Å²) in [5.41, 5.74) is 10.4. The fraction of sp³-hybridized carbons (Fsp3) is 0.440. The second-order valence-electron chi connectivity index (χ2n) is 8.61. The molecule has 2 aromatic carbocycles. The number of hydrogen-bond donors (Lipinski definition) is 1. The predicted octanol–water partition coefficient (Wildman–Crippen LogP) is 3.68. The van der Waals surface area contributed by atoms with Crippen molar-refractivity contribution in [2.45, 2.75) is 58.2 Å². The van der Waals surface area contributed by atoms with Gasteiger partial charge in [0.05, 0.1) is 0 Å². The molecule has 0 aliphatic carbocycles. The van der Waals surface area contributed by atoms with Crippen LogP contribution in [-0.4, -0.2) is 41.9 Å². The molecule has 6 nitrogen and oxygen atoms in total. The fourth-order valence-electron chi connectivity index (χ4n) is 4.59. The molecule has 6 heteroatoms. The van der Waals surface area contributed by atoms with E-state index in [-0.39, 0.29) is 11.9 Å². The molecule has 1 fully saturated rings. The van der Waals surface area contributed by atoms with Gasteiger partial charge in [0.2, 0.25) is 6.10 Å². The molecule has 2 aromatic rings. The first-order chi connectivity index (χ1) is 15.0. The summed E-state index contributed by atoms with van der Waals surface area (Å²) in [6.07, 6.45) is 3.92. The molecule has 2 unspecified atom stereocenters. The number of fused-ring (bicyclic) bond motifs is 1. The highest BCUT2D eigenvalue weighted by Gasteiger charge is 2.34. The van der Waals surface area contributed by atoms with E-state index in [2.05, 4.69) is 29.1 Å². The summed E-state index contributed by atoms with van der Waals surface area (Å²) in [7, 11) is 0. The maximum atomic E-state index is 13.1. The average molecular weight is 421 g/mol. The lowest BCUT2D eigenvalue weighted by Gasteiger charge is -2.27. The van der Waals surface area contributed by atoms with E-state index in [1.165, 1.54) is 24.8 Å². The zero-order chi connectivity index (χ0) is 21.8. The Morgan fingerprint density at radius 1 is 1.13 bits per heavy atom. The number of amidine groups is 1. The number of likely N-dealkylation sites (tertiary alicyclic amines) is 1. The number of carbonyl (C=O) groups excluding carboxylic acids is 1. The molecule has 2 atom stereocenters. The van der Waals surface area contributed by atoms with E-state index in [0.29, 0.717) is 5.84 Å². The molecule has 2 aliphatic heterocycles. The largest absolute Gasteiger partial charge is 0.381 e. The van der Waals surface area contributed by atoms with Crippen molar-refractivity contribution in [3.8, 4) is 0 Å². The maximum Gasteiger partial charge on any atom is 0.270 e. The monoisotopic (exact) mass is 420 g/mol. The first kappa shape index (κ1) is 21.4. The predicted molar refractivity (Wildman–Crippen MR) is 124 cm³/mol. The van der Waals surface area contributed by atoms with Crippen molar-refractivity contribution in [1.82, 2.24) is 4.90 Å². The van der Waals surface area contributed by atoms with Gasteiger partial charge in [-0.25, -0.2) is 0 Å². The zero-order valence-corrected chi connectivity index (χ0v) is 18.5. The Morgan fingerprint density at radius 2 is 1.84 bits per heavy atom. The summed E-state index contributed by atoms with van der Waals surface area (Å²) < 4.78 is 0. The van der Waals surface area contributed by atoms with Crippen molar-refractivity contribution in [3.05, 3.63) is 65.2 Å². The van der Waals surface area contributed by atoms with E-state index >= 15 is 0 Å². The van der Waals surface area contributed by atoms with Crippen LogP contribution in [0.5, 0.6) is 0 Å². The molecule has 0 bridgehead atoms. The van der Waals surface area contributed by atoms with Gasteiger partial charge in [-0.2, -0.15) is 0 Å². The van der Waals surface area contributed by atoms with E-state index in [1.54, 1.807) is 6.92 Å². The molecule has 0 radical (unpaired) electrons. The minimum atomic E-state index is -0.721. The molecule has 0 saturated carbocycles. The van der Waals surface area contributed by atoms with Gasteiger partial charge in [-0.3, -0.25) is 9.69 Å². The Bertz CT molecular complexity index is 952. The summed E-state index contributed by atoms with van der Waals surface area (Å²) in [6, 6.07) is 16.1. The molecule has 1 amide bonds.